The maximum Gasteiger partial charge on any atom is 0.451 e. The van der Waals surface area contributed by atoms with Crippen LogP contribution in [-0.2, 0) is 19.3 Å². The largest absolute Gasteiger partial charge is 0.451 e. The summed E-state index contributed by atoms with van der Waals surface area (Å²) in [5, 5.41) is 6.94. The molecule has 0 spiro atoms. The lowest BCUT2D eigenvalue weighted by molar-refractivity contribution is -0.148. The first-order chi connectivity index (χ1) is 8.17. The van der Waals surface area contributed by atoms with Crippen LogP contribution in [0.5, 0.6) is 0 Å². The lowest BCUT2D eigenvalue weighted by Gasteiger charge is -2.32. The summed E-state index contributed by atoms with van der Waals surface area (Å²) in [6.45, 7) is 8.15. The molecule has 0 aliphatic carbocycles. The maximum atomic E-state index is 12.6. The third-order valence-corrected chi connectivity index (χ3v) is 4.18. The molecule has 2 rings (SSSR count). The highest BCUT2D eigenvalue weighted by molar-refractivity contribution is 6.76. The van der Waals surface area contributed by atoms with Crippen molar-refractivity contribution in [3.63, 3.8) is 0 Å². The molecule has 0 fully saturated rings. The van der Waals surface area contributed by atoms with Gasteiger partial charge in [-0.25, -0.2) is 0 Å². The van der Waals surface area contributed by atoms with Crippen molar-refractivity contribution in [1.82, 2.24) is 19.7 Å². The Morgan fingerprint density at radius 2 is 1.83 bits per heavy atom. The number of halogens is 3. The van der Waals surface area contributed by atoms with Crippen LogP contribution in [-0.4, -0.2) is 40.5 Å². The van der Waals surface area contributed by atoms with E-state index in [1.165, 1.54) is 4.57 Å². The number of hydrogen-bond donors (Lipinski definition) is 0. The van der Waals surface area contributed by atoms with Crippen molar-refractivity contribution in [2.45, 2.75) is 38.9 Å². The third-order valence-electron chi connectivity index (χ3n) is 2.78. The van der Waals surface area contributed by atoms with E-state index in [0.29, 0.717) is 25.5 Å². The van der Waals surface area contributed by atoms with Crippen LogP contribution in [0, 0.1) is 0 Å². The molecule has 0 radical (unpaired) electrons. The fourth-order valence-electron chi connectivity index (χ4n) is 2.22. The number of alkyl halides is 3. The van der Waals surface area contributed by atoms with Crippen molar-refractivity contribution in [2.24, 2.45) is 0 Å². The Bertz CT molecular complexity index is 435. The Morgan fingerprint density at radius 1 is 1.17 bits per heavy atom. The summed E-state index contributed by atoms with van der Waals surface area (Å²) >= 11 is 0. The van der Waals surface area contributed by atoms with E-state index in [1.807, 2.05) is 0 Å². The zero-order valence-corrected chi connectivity index (χ0v) is 11.8. The van der Waals surface area contributed by atoms with Gasteiger partial charge in [-0.3, -0.25) is 4.90 Å². The molecule has 0 saturated carbocycles. The van der Waals surface area contributed by atoms with E-state index in [1.54, 1.807) is 0 Å². The predicted molar refractivity (Wildman–Crippen MR) is 63.6 cm³/mol. The van der Waals surface area contributed by atoms with Gasteiger partial charge in [-0.05, 0) is 6.17 Å². The van der Waals surface area contributed by atoms with Gasteiger partial charge in [0.15, 0.2) is 0 Å². The van der Waals surface area contributed by atoms with Crippen molar-refractivity contribution in [2.75, 3.05) is 12.7 Å². The van der Waals surface area contributed by atoms with Crippen LogP contribution in [0.1, 0.15) is 11.6 Å². The second-order valence-electron chi connectivity index (χ2n) is 5.86. The molecular formula is C10H17F3N4Si. The van der Waals surface area contributed by atoms with E-state index < -0.39 is 20.1 Å². The smallest absolute Gasteiger partial charge is 0.305 e. The van der Waals surface area contributed by atoms with Gasteiger partial charge in [0.25, 0.3) is 0 Å². The molecule has 8 heteroatoms. The number of hydrogen-bond acceptors (Lipinski definition) is 3. The highest BCUT2D eigenvalue weighted by atomic mass is 28.3. The van der Waals surface area contributed by atoms with E-state index in [0.717, 1.165) is 6.17 Å². The zero-order chi connectivity index (χ0) is 13.6. The quantitative estimate of drug-likeness (QED) is 0.776. The van der Waals surface area contributed by atoms with Gasteiger partial charge in [0.1, 0.15) is 5.82 Å². The number of aromatic nitrogens is 3. The fraction of sp³-hybridized carbons (Fsp3) is 0.800. The van der Waals surface area contributed by atoms with Gasteiger partial charge >= 0.3 is 6.18 Å². The lowest BCUT2D eigenvalue weighted by atomic mass is 10.3. The van der Waals surface area contributed by atoms with Gasteiger partial charge in [0, 0.05) is 13.1 Å². The second kappa shape index (κ2) is 4.34. The maximum absolute atomic E-state index is 12.6. The molecule has 1 aliphatic heterocycles. The van der Waals surface area contributed by atoms with E-state index in [-0.39, 0.29) is 0 Å². The Hall–Kier alpha value is -0.893. The van der Waals surface area contributed by atoms with Gasteiger partial charge < -0.3 is 4.57 Å². The monoisotopic (exact) mass is 278 g/mol. The number of rotatable bonds is 2. The van der Waals surface area contributed by atoms with Crippen molar-refractivity contribution in [1.29, 1.82) is 0 Å². The normalized spacial score (nSPS) is 17.9. The minimum atomic E-state index is -4.41. The molecule has 0 unspecified atom stereocenters. The topological polar surface area (TPSA) is 34.0 Å². The zero-order valence-electron chi connectivity index (χ0n) is 10.8. The van der Waals surface area contributed by atoms with E-state index in [4.69, 9.17) is 0 Å². The third kappa shape index (κ3) is 2.92. The van der Waals surface area contributed by atoms with Crippen molar-refractivity contribution < 1.29 is 13.2 Å². The molecule has 0 atom stereocenters. The van der Waals surface area contributed by atoms with E-state index in [9.17, 15) is 13.2 Å². The van der Waals surface area contributed by atoms with Crippen molar-refractivity contribution in [3.05, 3.63) is 11.6 Å². The second-order valence-corrected chi connectivity index (χ2v) is 11.3. The standard InChI is InChI=1S/C10H17F3N4Si/c1-18(2,3)7-16-4-5-17-8(6-16)14-15-9(17)10(11,12)13/h4-7H2,1-3H3. The highest BCUT2D eigenvalue weighted by Crippen LogP contribution is 2.29. The first-order valence-electron chi connectivity index (χ1n) is 5.88. The summed E-state index contributed by atoms with van der Waals surface area (Å²) in [4.78, 5) is 2.18. The molecule has 1 aliphatic rings. The number of fused-ring (bicyclic) bond motifs is 1. The molecule has 0 aromatic carbocycles. The van der Waals surface area contributed by atoms with Crippen LogP contribution in [0.25, 0.3) is 0 Å². The van der Waals surface area contributed by atoms with Crippen LogP contribution in [0.15, 0.2) is 0 Å². The van der Waals surface area contributed by atoms with Crippen molar-refractivity contribution >= 4 is 8.07 Å². The molecule has 4 nitrogen and oxygen atoms in total. The summed E-state index contributed by atoms with van der Waals surface area (Å²) in [5.74, 6) is -0.447. The molecule has 0 bridgehead atoms. The Kier molecular flexibility index (Phi) is 3.26. The van der Waals surface area contributed by atoms with Gasteiger partial charge in [0.2, 0.25) is 5.82 Å². The molecule has 1 aromatic heterocycles. The van der Waals surface area contributed by atoms with Crippen LogP contribution in [0.4, 0.5) is 13.2 Å². The SMILES string of the molecule is C[Si](C)(C)CN1CCn2c(nnc2C(F)(F)F)C1. The molecule has 1 aromatic rings. The molecule has 0 N–H and O–H groups in total. The summed E-state index contributed by atoms with van der Waals surface area (Å²) in [6.07, 6.45) is -3.44. The van der Waals surface area contributed by atoms with Crippen LogP contribution in [0.2, 0.25) is 19.6 Å². The van der Waals surface area contributed by atoms with E-state index >= 15 is 0 Å². The Morgan fingerprint density at radius 3 is 2.39 bits per heavy atom. The predicted octanol–water partition coefficient (Wildman–Crippen LogP) is 1.99. The van der Waals surface area contributed by atoms with Crippen LogP contribution >= 0.6 is 0 Å². The minimum absolute atomic E-state index is 0.321. The molecule has 0 amide bonds. The van der Waals surface area contributed by atoms with Gasteiger partial charge in [-0.15, -0.1) is 10.2 Å². The average molecular weight is 278 g/mol. The summed E-state index contributed by atoms with van der Waals surface area (Å²) in [5.41, 5.74) is 0. The van der Waals surface area contributed by atoms with Crippen LogP contribution in [0.3, 0.4) is 0 Å². The average Bonchev–Trinajstić information content (AvgIpc) is 2.56. The van der Waals surface area contributed by atoms with Gasteiger partial charge in [-0.2, -0.15) is 13.2 Å². The first-order valence-corrected chi connectivity index (χ1v) is 9.59. The summed E-state index contributed by atoms with van der Waals surface area (Å²) < 4.78 is 39.1. The van der Waals surface area contributed by atoms with Gasteiger partial charge in [0.05, 0.1) is 14.6 Å². The first kappa shape index (κ1) is 13.5. The molecule has 0 saturated heterocycles. The minimum Gasteiger partial charge on any atom is -0.305 e. The fourth-order valence-corrected chi connectivity index (χ4v) is 3.83. The molecular weight excluding hydrogens is 261 g/mol. The Balaban J connectivity index is 2.15. The number of nitrogens with zero attached hydrogens (tertiary/aromatic N) is 4. The van der Waals surface area contributed by atoms with E-state index in [2.05, 4.69) is 34.7 Å². The van der Waals surface area contributed by atoms with Crippen LogP contribution < -0.4 is 0 Å². The molecule has 2 heterocycles. The molecule has 18 heavy (non-hydrogen) atoms. The summed E-state index contributed by atoms with van der Waals surface area (Å²) in [7, 11) is -1.25. The summed E-state index contributed by atoms with van der Waals surface area (Å²) in [6, 6.07) is 0. The Labute approximate surface area is 105 Å². The van der Waals surface area contributed by atoms with Gasteiger partial charge in [-0.1, -0.05) is 19.6 Å². The van der Waals surface area contributed by atoms with Crippen molar-refractivity contribution in [3.8, 4) is 0 Å². The molecule has 102 valence electrons. The highest BCUT2D eigenvalue weighted by Gasteiger charge is 2.39. The lowest BCUT2D eigenvalue weighted by Crippen LogP contribution is -2.44.